The van der Waals surface area contributed by atoms with Gasteiger partial charge in [-0.05, 0) is 178 Å². The molecule has 6 aromatic rings. The highest BCUT2D eigenvalue weighted by Crippen LogP contribution is 2.62. The van der Waals surface area contributed by atoms with Crippen molar-refractivity contribution in [1.29, 1.82) is 0 Å². The van der Waals surface area contributed by atoms with Crippen molar-refractivity contribution in [3.05, 3.63) is 177 Å². The van der Waals surface area contributed by atoms with E-state index in [1.54, 1.807) is 38.2 Å². The molecule has 6 saturated carbocycles. The lowest BCUT2D eigenvalue weighted by molar-refractivity contribution is -0.176. The van der Waals surface area contributed by atoms with Gasteiger partial charge < -0.3 is 86.7 Å². The summed E-state index contributed by atoms with van der Waals surface area (Å²) in [6, 6.07) is 38.6. The Morgan fingerprint density at radius 3 is 1.27 bits per heavy atom. The molecule has 8 aliphatic rings. The number of fused-ring (bicyclic) bond motifs is 4. The molecule has 12 N–H and O–H groups in total. The van der Waals surface area contributed by atoms with Gasteiger partial charge in [0.1, 0.15) is 35.8 Å². The number of methoxy groups -OCH3 is 2. The Morgan fingerprint density at radius 2 is 0.944 bits per heavy atom. The molecule has 0 unspecified atom stereocenters. The molecular formula is C94H136N14O14S2. The van der Waals surface area contributed by atoms with Crippen molar-refractivity contribution in [2.75, 3.05) is 118 Å². The predicted molar refractivity (Wildman–Crippen MR) is 492 cm³/mol. The Balaban J connectivity index is 0.000000238. The van der Waals surface area contributed by atoms with E-state index in [0.29, 0.717) is 87.9 Å². The van der Waals surface area contributed by atoms with Gasteiger partial charge >= 0.3 is 0 Å². The zero-order valence-corrected chi connectivity index (χ0v) is 77.1. The summed E-state index contributed by atoms with van der Waals surface area (Å²) < 4.78 is 12.2. The molecule has 4 amide bonds. The van der Waals surface area contributed by atoms with Crippen molar-refractivity contribution in [3.63, 3.8) is 0 Å². The Morgan fingerprint density at radius 1 is 0.565 bits per heavy atom. The number of aliphatic hydroxyl groups excluding tert-OH is 6. The second kappa shape index (κ2) is 43.1. The third-order valence-electron chi connectivity index (χ3n) is 27.2. The fourth-order valence-corrected chi connectivity index (χ4v) is 20.4. The molecule has 6 aromatic carbocycles. The first-order valence-corrected chi connectivity index (χ1v) is 44.6. The fourth-order valence-electron chi connectivity index (χ4n) is 19.9. The van der Waals surface area contributed by atoms with Crippen molar-refractivity contribution in [1.82, 2.24) is 41.2 Å². The highest BCUT2D eigenvalue weighted by molar-refractivity contribution is 7.80. The molecular weight excluding hydrogens is 1610 g/mol. The molecule has 2 aliphatic heterocycles. The standard InChI is InChI=1S/C45H62N8O6.C45H64N6O6.C4H10O2S2/c1-26-35-21-32(45(35,3)4)22-36(26)48-44(57)40-39(27(2)54)38(23-47-50-46)59-53(40)24-29-16-13-17-34(42(29)58-9)30-18-31(20-33(19-30)52(7)8)43(56)49-37(25-51(5)6)41(55)28-14-11-10-12-15-28;1-26-35-21-32(45(35,3)4)22-36(26)47-44(55)40-39(27(2)52)38(23-46)57-51(40)24-29-16-13-17-34(42(29)56-9)30-18-31(20-33(19-30)50(7)8)43(54)48-37(25-49(5)6)41(53)28-14-11-10-12-15-28;5-3(1-7)4(6)2-8/h10-20,26-27,32,35-41,54-55H,21-25H2,1-9H3,(H,48,57)(H,49,56);10-20,26-27,32,35-41,52-53H,21-25,46H2,1-9H3,(H,47,55)(H,48,54);3-8H,1-2H2/t2*26-,27-,32+,35-,36-,37+,38-,39+,40-,41+;3-,4-/m000/s1. The molecule has 4 bridgehead atoms. The van der Waals surface area contributed by atoms with Gasteiger partial charge in [-0.2, -0.15) is 35.4 Å². The van der Waals surface area contributed by atoms with E-state index >= 15 is 0 Å². The number of likely N-dealkylation sites (N-methyl/N-ethyl adjacent to an activating group) is 2. The predicted octanol–water partition coefficient (Wildman–Crippen LogP) is 9.82. The lowest BCUT2D eigenvalue weighted by atomic mass is 9.45. The highest BCUT2D eigenvalue weighted by atomic mass is 32.1. The molecule has 14 rings (SSSR count). The Bertz CT molecular complexity index is 4590. The first kappa shape index (κ1) is 98.1. The fraction of sp³-hybridized carbons (Fsp3) is 0.574. The van der Waals surface area contributed by atoms with Crippen LogP contribution in [-0.2, 0) is 32.4 Å². The van der Waals surface area contributed by atoms with Crippen LogP contribution in [0.1, 0.15) is 136 Å². The molecule has 678 valence electrons. The van der Waals surface area contributed by atoms with Gasteiger partial charge in [-0.1, -0.05) is 144 Å². The normalized spacial score (nSPS) is 26.0. The highest BCUT2D eigenvalue weighted by Gasteiger charge is 2.60. The number of nitrogens with zero attached hydrogens (tertiary/aromatic N) is 9. The van der Waals surface area contributed by atoms with E-state index in [9.17, 15) is 45.1 Å². The van der Waals surface area contributed by atoms with Gasteiger partial charge in [-0.3, -0.25) is 28.9 Å². The maximum Gasteiger partial charge on any atom is 0.251 e. The molecule has 0 radical (unpaired) electrons. The van der Waals surface area contributed by atoms with E-state index in [1.807, 2.05) is 209 Å². The Kier molecular flexibility index (Phi) is 34.1. The molecule has 2 heterocycles. The zero-order valence-electron chi connectivity index (χ0n) is 75.3. The number of amides is 4. The number of thiol groups is 2. The smallest absolute Gasteiger partial charge is 0.251 e. The number of azide groups is 1. The number of aliphatic hydroxyl groups is 6. The summed E-state index contributed by atoms with van der Waals surface area (Å²) in [4.78, 5) is 80.4. The number of para-hydroxylation sites is 2. The molecule has 28 nitrogen and oxygen atoms in total. The first-order chi connectivity index (χ1) is 58.8. The summed E-state index contributed by atoms with van der Waals surface area (Å²) in [7, 11) is 18.4. The van der Waals surface area contributed by atoms with E-state index in [-0.39, 0.29) is 84.2 Å². The lowest BCUT2D eigenvalue weighted by Gasteiger charge is -2.62. The molecule has 0 spiro atoms. The monoisotopic (exact) mass is 1750 g/mol. The number of ether oxygens (including phenoxy) is 2. The summed E-state index contributed by atoms with van der Waals surface area (Å²) in [5.41, 5.74) is 24.2. The van der Waals surface area contributed by atoms with Crippen LogP contribution in [-0.4, -0.2) is 255 Å². The number of hydrogen-bond donors (Lipinski definition) is 13. The van der Waals surface area contributed by atoms with Gasteiger partial charge in [0.25, 0.3) is 11.8 Å². The van der Waals surface area contributed by atoms with Crippen LogP contribution in [0.2, 0.25) is 0 Å². The van der Waals surface area contributed by atoms with E-state index in [4.69, 9.17) is 35.1 Å². The van der Waals surface area contributed by atoms with Crippen molar-refractivity contribution in [3.8, 4) is 33.8 Å². The minimum Gasteiger partial charge on any atom is -0.496 e. The van der Waals surface area contributed by atoms with Crippen molar-refractivity contribution < 1.29 is 69.0 Å². The van der Waals surface area contributed by atoms with Gasteiger partial charge in [0.2, 0.25) is 11.8 Å². The number of nitrogens with two attached hydrogens (primary N) is 1. The molecule has 2 saturated heterocycles. The zero-order chi connectivity index (χ0) is 90.7. The number of hydroxylamine groups is 4. The SMILES string of the molecule is COc1c(CN2O[C@@H](CN)[C@@H]([C@H](C)O)[C@H]2C(=O)N[C@H]2C[C@H]3C[C@@H]([C@@H]2C)C3(C)C)cccc1-c1cc(C(=O)N[C@H](CN(C)C)[C@H](O)c2ccccc2)cc(N(C)C)c1.COc1c(CN2O[C@@H](CN=[N+]=[N-])[C@@H]([C@H](C)O)[C@H]2C(=O)N[C@H]2C[C@H]3C[C@@H]([C@@H]2C)C3(C)C)cccc1-c1cc(C(=O)N[C@H](CN(C)C)[C@H](O)c2ccccc2)cc(N(C)C)c1.O[C@@H](CS)[C@@H](O)CS. The van der Waals surface area contributed by atoms with Crippen molar-refractivity contribution >= 4 is 60.3 Å². The topological polar surface area (TPSA) is 369 Å². The maximum atomic E-state index is 14.4. The average molecular weight is 1750 g/mol. The van der Waals surface area contributed by atoms with Crippen LogP contribution in [0.4, 0.5) is 11.4 Å². The molecule has 6 aliphatic carbocycles. The van der Waals surface area contributed by atoms with Gasteiger partial charge in [-0.25, -0.2) is 0 Å². The van der Waals surface area contributed by atoms with E-state index < -0.39 is 84.8 Å². The summed E-state index contributed by atoms with van der Waals surface area (Å²) in [5.74, 6) is 2.24. The Labute approximate surface area is 743 Å². The van der Waals surface area contributed by atoms with E-state index in [0.717, 1.165) is 52.0 Å². The third-order valence-corrected chi connectivity index (χ3v) is 28.0. The average Bonchev–Trinajstić information content (AvgIpc) is 1.14. The first-order valence-electron chi connectivity index (χ1n) is 43.3. The largest absolute Gasteiger partial charge is 0.496 e. The molecule has 22 atom stereocenters. The van der Waals surface area contributed by atoms with Gasteiger partial charge in [0.15, 0.2) is 0 Å². The minimum absolute atomic E-state index is 0.0000463. The quantitative estimate of drug-likeness (QED) is 0.00773. The summed E-state index contributed by atoms with van der Waals surface area (Å²) in [6.45, 7) is 18.4. The second-order valence-electron chi connectivity index (χ2n) is 37.0. The summed E-state index contributed by atoms with van der Waals surface area (Å²) in [6.07, 6.45) is -2.17. The number of carbonyl (C=O) groups is 4. The lowest BCUT2D eigenvalue weighted by Crippen LogP contribution is -2.62. The Hall–Kier alpha value is -8.11. The third kappa shape index (κ3) is 22.5. The molecule has 0 aromatic heterocycles. The van der Waals surface area contributed by atoms with E-state index in [1.165, 1.54) is 12.8 Å². The van der Waals surface area contributed by atoms with Crippen molar-refractivity contribution in [2.45, 2.75) is 179 Å². The van der Waals surface area contributed by atoms with Crippen LogP contribution in [0.15, 0.2) is 139 Å². The molecule has 30 heteroatoms. The van der Waals surface area contributed by atoms with Crippen LogP contribution < -0.4 is 46.3 Å². The number of hydrogen-bond acceptors (Lipinski definition) is 24. The molecule has 124 heavy (non-hydrogen) atoms. The van der Waals surface area contributed by atoms with Gasteiger partial charge in [-0.15, -0.1) is 0 Å². The summed E-state index contributed by atoms with van der Waals surface area (Å²) >= 11 is 7.53. The maximum absolute atomic E-state index is 14.4. The number of nitrogens with one attached hydrogen (secondary N) is 4. The van der Waals surface area contributed by atoms with Gasteiger partial charge in [0.05, 0.1) is 82.6 Å². The number of anilines is 2. The van der Waals surface area contributed by atoms with Crippen molar-refractivity contribution in [2.24, 2.45) is 69.0 Å². The van der Waals surface area contributed by atoms with Crippen LogP contribution in [0.3, 0.4) is 0 Å². The number of benzene rings is 6. The number of carbonyl (C=O) groups excluding carboxylic acids is 4. The van der Waals surface area contributed by atoms with Crippen LogP contribution >= 0.6 is 25.3 Å². The minimum atomic E-state index is -0.941. The van der Waals surface area contributed by atoms with Crippen LogP contribution in [0.5, 0.6) is 11.5 Å². The van der Waals surface area contributed by atoms with Crippen LogP contribution in [0.25, 0.3) is 32.7 Å². The second-order valence-corrected chi connectivity index (χ2v) is 37.7. The van der Waals surface area contributed by atoms with E-state index in [2.05, 4.69) is 98.1 Å². The number of rotatable bonds is 34. The van der Waals surface area contributed by atoms with Crippen LogP contribution in [0, 0.1) is 58.2 Å². The van der Waals surface area contributed by atoms with Gasteiger partial charge in [0, 0.05) is 133 Å². The molecule has 8 fully saturated rings. The summed E-state index contributed by atoms with van der Waals surface area (Å²) in [5, 5.41) is 82.4.